The molecule has 0 radical (unpaired) electrons. The third-order valence-corrected chi connectivity index (χ3v) is 19.4. The van der Waals surface area contributed by atoms with Gasteiger partial charge in [-0.15, -0.1) is 0 Å². The van der Waals surface area contributed by atoms with E-state index in [9.17, 15) is 0 Å². The number of fused-ring (bicyclic) bond motifs is 2. The standard InChI is InChI=1S/C52H42P2/c1-53(39-23-7-3-8-24-39,40-25-9-4-10-26-40)49-37-21-19-35-47(49)51-43-31-15-17-33-45(43)52(46-34-18-16-32-44(46)51)48-36-20-22-38-50(48)54(2,41-27-11-5-12-28-41)42-29-13-6-14-30-42/h3-38H,1-2H3/q+2. The second kappa shape index (κ2) is 14.3. The van der Waals surface area contributed by atoms with Gasteiger partial charge in [0.2, 0.25) is 0 Å². The van der Waals surface area contributed by atoms with Gasteiger partial charge in [0.1, 0.15) is 46.4 Å². The molecule has 9 aromatic carbocycles. The molecule has 0 unspecified atom stereocenters. The van der Waals surface area contributed by atoms with Gasteiger partial charge in [-0.05, 0) is 82.2 Å². The van der Waals surface area contributed by atoms with Crippen LogP contribution in [0.15, 0.2) is 218 Å². The highest BCUT2D eigenvalue weighted by atomic mass is 31.2. The largest absolute Gasteiger partial charge is 0.112 e. The van der Waals surface area contributed by atoms with Gasteiger partial charge in [-0.1, -0.05) is 158 Å². The molecule has 0 aliphatic heterocycles. The fourth-order valence-electron chi connectivity index (χ4n) is 8.62. The summed E-state index contributed by atoms with van der Waals surface area (Å²) in [6, 6.07) is 81.4. The molecule has 0 aromatic heterocycles. The van der Waals surface area contributed by atoms with Crippen molar-refractivity contribution >= 4 is 67.9 Å². The van der Waals surface area contributed by atoms with E-state index in [1.807, 2.05) is 0 Å². The molecule has 2 heteroatoms. The Hall–Kier alpha value is -5.64. The van der Waals surface area contributed by atoms with Crippen LogP contribution < -0.4 is 31.8 Å². The summed E-state index contributed by atoms with van der Waals surface area (Å²) in [5.41, 5.74) is 5.22. The minimum atomic E-state index is -2.05. The Labute approximate surface area is 320 Å². The number of hydrogen-bond donors (Lipinski definition) is 0. The van der Waals surface area contributed by atoms with E-state index in [4.69, 9.17) is 0 Å². The molecule has 0 amide bonds. The molecule has 0 fully saturated rings. The van der Waals surface area contributed by atoms with Crippen molar-refractivity contribution in [2.45, 2.75) is 0 Å². The van der Waals surface area contributed by atoms with Crippen LogP contribution in [0.2, 0.25) is 0 Å². The van der Waals surface area contributed by atoms with E-state index in [0.717, 1.165) is 0 Å². The first kappa shape index (κ1) is 34.1. The second-order valence-electron chi connectivity index (χ2n) is 14.2. The van der Waals surface area contributed by atoms with E-state index in [2.05, 4.69) is 232 Å². The Balaban J connectivity index is 1.37. The van der Waals surface area contributed by atoms with Crippen molar-refractivity contribution in [3.05, 3.63) is 218 Å². The molecule has 0 atom stereocenters. The molecular weight excluding hydrogens is 687 g/mol. The van der Waals surface area contributed by atoms with Gasteiger partial charge in [0.05, 0.1) is 13.3 Å². The van der Waals surface area contributed by atoms with Gasteiger partial charge in [-0.2, -0.15) is 0 Å². The molecule has 0 heterocycles. The lowest BCUT2D eigenvalue weighted by Crippen LogP contribution is -2.31. The highest BCUT2D eigenvalue weighted by molar-refractivity contribution is 7.95. The predicted octanol–water partition coefficient (Wildman–Crippen LogP) is 11.2. The fourth-order valence-corrected chi connectivity index (χ4v) is 15.5. The minimum Gasteiger partial charge on any atom is -0.0620 e. The Morgan fingerprint density at radius 2 is 0.463 bits per heavy atom. The number of rotatable bonds is 8. The highest BCUT2D eigenvalue weighted by Crippen LogP contribution is 2.57. The molecule has 0 saturated heterocycles. The second-order valence-corrected chi connectivity index (χ2v) is 21.3. The van der Waals surface area contributed by atoms with E-state index in [1.165, 1.54) is 75.6 Å². The van der Waals surface area contributed by atoms with Crippen LogP contribution in [0.4, 0.5) is 0 Å². The lowest BCUT2D eigenvalue weighted by molar-refractivity contribution is 1.67. The molecule has 0 N–H and O–H groups in total. The van der Waals surface area contributed by atoms with Crippen molar-refractivity contribution < 1.29 is 0 Å². The number of hydrogen-bond acceptors (Lipinski definition) is 0. The highest BCUT2D eigenvalue weighted by Gasteiger charge is 2.44. The van der Waals surface area contributed by atoms with Gasteiger partial charge in [0.25, 0.3) is 0 Å². The van der Waals surface area contributed by atoms with Crippen molar-refractivity contribution in [2.75, 3.05) is 13.3 Å². The van der Waals surface area contributed by atoms with Crippen molar-refractivity contribution in [3.8, 4) is 22.3 Å². The van der Waals surface area contributed by atoms with Gasteiger partial charge in [0.15, 0.2) is 0 Å². The van der Waals surface area contributed by atoms with Gasteiger partial charge in [0, 0.05) is 22.3 Å². The first-order valence-electron chi connectivity index (χ1n) is 18.7. The van der Waals surface area contributed by atoms with Crippen LogP contribution in [0.3, 0.4) is 0 Å². The van der Waals surface area contributed by atoms with Crippen LogP contribution in [0.5, 0.6) is 0 Å². The fraction of sp³-hybridized carbons (Fsp3) is 0.0385. The van der Waals surface area contributed by atoms with Crippen LogP contribution in [-0.4, -0.2) is 13.3 Å². The number of benzene rings is 9. The molecule has 0 aliphatic carbocycles. The molecule has 54 heavy (non-hydrogen) atoms. The van der Waals surface area contributed by atoms with Crippen LogP contribution in [0.25, 0.3) is 43.8 Å². The van der Waals surface area contributed by atoms with E-state index < -0.39 is 14.5 Å². The summed E-state index contributed by atoms with van der Waals surface area (Å²) in [5, 5.41) is 13.4. The summed E-state index contributed by atoms with van der Waals surface area (Å²) in [6.07, 6.45) is 0. The molecular formula is C52H42P2+2. The summed E-state index contributed by atoms with van der Waals surface area (Å²) in [5.74, 6) is 0. The van der Waals surface area contributed by atoms with Crippen molar-refractivity contribution in [2.24, 2.45) is 0 Å². The maximum Gasteiger partial charge on any atom is 0.112 e. The Bertz CT molecular complexity index is 2390. The first-order valence-corrected chi connectivity index (χ1v) is 23.2. The smallest absolute Gasteiger partial charge is 0.0620 e. The first-order chi connectivity index (χ1) is 26.6. The molecule has 9 aromatic rings. The van der Waals surface area contributed by atoms with E-state index in [1.54, 1.807) is 0 Å². The van der Waals surface area contributed by atoms with Crippen LogP contribution in [0.1, 0.15) is 0 Å². The summed E-state index contributed by atoms with van der Waals surface area (Å²) in [4.78, 5) is 0. The third-order valence-electron chi connectivity index (χ3n) is 11.3. The summed E-state index contributed by atoms with van der Waals surface area (Å²) in [7, 11) is -4.10. The Morgan fingerprint density at radius 1 is 0.241 bits per heavy atom. The molecule has 0 saturated carbocycles. The summed E-state index contributed by atoms with van der Waals surface area (Å²) < 4.78 is 0. The third kappa shape index (κ3) is 5.61. The molecule has 0 aliphatic rings. The van der Waals surface area contributed by atoms with E-state index in [-0.39, 0.29) is 0 Å². The normalized spacial score (nSPS) is 11.9. The average molecular weight is 729 g/mol. The summed E-state index contributed by atoms with van der Waals surface area (Å²) in [6.45, 7) is 5.01. The van der Waals surface area contributed by atoms with Crippen LogP contribution in [-0.2, 0) is 0 Å². The Morgan fingerprint density at radius 3 is 0.741 bits per heavy atom. The molecule has 9 rings (SSSR count). The van der Waals surface area contributed by atoms with Crippen molar-refractivity contribution in [1.82, 2.24) is 0 Å². The van der Waals surface area contributed by atoms with Gasteiger partial charge >= 0.3 is 0 Å². The molecule has 0 spiro atoms. The summed E-state index contributed by atoms with van der Waals surface area (Å²) >= 11 is 0. The molecule has 0 bridgehead atoms. The van der Waals surface area contributed by atoms with Crippen molar-refractivity contribution in [1.29, 1.82) is 0 Å². The van der Waals surface area contributed by atoms with Crippen LogP contribution >= 0.6 is 14.5 Å². The predicted molar refractivity (Wildman–Crippen MR) is 242 cm³/mol. The van der Waals surface area contributed by atoms with Gasteiger partial charge in [-0.3, -0.25) is 0 Å². The van der Waals surface area contributed by atoms with Gasteiger partial charge in [-0.25, -0.2) is 0 Å². The zero-order chi connectivity index (χ0) is 36.5. The van der Waals surface area contributed by atoms with Gasteiger partial charge < -0.3 is 0 Å². The zero-order valence-corrected chi connectivity index (χ0v) is 32.5. The zero-order valence-electron chi connectivity index (χ0n) is 30.7. The maximum atomic E-state index is 2.50. The van der Waals surface area contributed by atoms with Crippen molar-refractivity contribution in [3.63, 3.8) is 0 Å². The lowest BCUT2D eigenvalue weighted by Gasteiger charge is -2.28. The monoisotopic (exact) mass is 728 g/mol. The topological polar surface area (TPSA) is 0 Å². The Kier molecular flexibility index (Phi) is 9.04. The average Bonchev–Trinajstić information content (AvgIpc) is 3.26. The van der Waals surface area contributed by atoms with Crippen LogP contribution in [0, 0.1) is 0 Å². The molecule has 258 valence electrons. The van der Waals surface area contributed by atoms with E-state index >= 15 is 0 Å². The minimum absolute atomic E-state index is 1.28. The molecule has 0 nitrogen and oxygen atoms in total. The quantitative estimate of drug-likeness (QED) is 0.108. The SMILES string of the molecule is C[P+](c1ccccc1)(c1ccccc1)c1ccccc1-c1c2ccccc2c(-c2ccccc2[P+](C)(c2ccccc2)c2ccccc2)c2ccccc12. The lowest BCUT2D eigenvalue weighted by atomic mass is 9.86. The maximum absolute atomic E-state index is 2.50. The van der Waals surface area contributed by atoms with E-state index in [0.29, 0.717) is 0 Å².